The number of hydrogen-bond acceptors (Lipinski definition) is 8. The van der Waals surface area contributed by atoms with Crippen molar-refractivity contribution in [3.8, 4) is 0 Å². The molecular weight excluding hydrogens is 536 g/mol. The molecule has 1 aromatic heterocycles. The number of piperazine rings is 1. The van der Waals surface area contributed by atoms with Gasteiger partial charge in [0.15, 0.2) is 0 Å². The Hall–Kier alpha value is -3.58. The van der Waals surface area contributed by atoms with Crippen molar-refractivity contribution in [1.82, 2.24) is 30.5 Å². The van der Waals surface area contributed by atoms with Gasteiger partial charge in [0.25, 0.3) is 17.7 Å². The van der Waals surface area contributed by atoms with Crippen molar-refractivity contribution in [3.05, 3.63) is 36.0 Å². The van der Waals surface area contributed by atoms with E-state index in [0.29, 0.717) is 29.6 Å². The second-order valence-corrected chi connectivity index (χ2v) is 11.5. The predicted molar refractivity (Wildman–Crippen MR) is 151 cm³/mol. The number of aromatic nitrogens is 1. The first-order valence-corrected chi connectivity index (χ1v) is 13.8. The lowest BCUT2D eigenvalue weighted by Crippen LogP contribution is -2.50. The number of pyridine rings is 1. The van der Waals surface area contributed by atoms with Crippen LogP contribution in [-0.4, -0.2) is 115 Å². The maximum Gasteiger partial charge on any atom is 0.410 e. The Morgan fingerprint density at radius 3 is 2.54 bits per heavy atom. The number of alkyl halides is 2. The van der Waals surface area contributed by atoms with Crippen LogP contribution in [0.2, 0.25) is 0 Å². The minimum Gasteiger partial charge on any atom is -0.444 e. The average molecular weight is 576 g/mol. The number of anilines is 1. The van der Waals surface area contributed by atoms with Gasteiger partial charge in [0, 0.05) is 57.0 Å². The molecule has 2 aliphatic rings. The van der Waals surface area contributed by atoms with Gasteiger partial charge >= 0.3 is 6.09 Å². The number of hydrazine groups is 1. The van der Waals surface area contributed by atoms with Crippen molar-refractivity contribution in [2.75, 3.05) is 70.9 Å². The number of amides is 3. The van der Waals surface area contributed by atoms with Crippen LogP contribution in [0.25, 0.3) is 10.9 Å². The molecule has 13 heteroatoms. The second kappa shape index (κ2) is 12.5. The van der Waals surface area contributed by atoms with Crippen LogP contribution in [0.3, 0.4) is 0 Å². The Bertz CT molecular complexity index is 1260. The van der Waals surface area contributed by atoms with Gasteiger partial charge in [-0.15, -0.1) is 0 Å². The van der Waals surface area contributed by atoms with Gasteiger partial charge in [-0.2, -0.15) is 0 Å². The molecule has 41 heavy (non-hydrogen) atoms. The van der Waals surface area contributed by atoms with Crippen LogP contribution in [0.1, 0.15) is 37.6 Å². The fraction of sp³-hybridized carbons (Fsp3) is 0.571. The lowest BCUT2D eigenvalue weighted by atomic mass is 10.1. The molecule has 2 aromatic rings. The topological polar surface area (TPSA) is 110 Å². The summed E-state index contributed by atoms with van der Waals surface area (Å²) in [6, 6.07) is 7.25. The molecule has 2 fully saturated rings. The van der Waals surface area contributed by atoms with E-state index in [1.807, 2.05) is 46.0 Å². The van der Waals surface area contributed by atoms with Gasteiger partial charge in [-0.25, -0.2) is 19.0 Å². The van der Waals surface area contributed by atoms with Crippen LogP contribution in [0, 0.1) is 0 Å². The summed E-state index contributed by atoms with van der Waals surface area (Å²) in [4.78, 5) is 48.0. The number of carbonyl (C=O) groups is 3. The van der Waals surface area contributed by atoms with E-state index >= 15 is 0 Å². The van der Waals surface area contributed by atoms with Crippen molar-refractivity contribution in [2.24, 2.45) is 0 Å². The molecule has 11 nitrogen and oxygen atoms in total. The second-order valence-electron chi connectivity index (χ2n) is 11.5. The molecule has 0 aliphatic carbocycles. The number of carbonyl (C=O) groups excluding carboxylic acids is 3. The van der Waals surface area contributed by atoms with E-state index in [1.54, 1.807) is 11.0 Å². The lowest BCUT2D eigenvalue weighted by molar-refractivity contribution is -0.132. The van der Waals surface area contributed by atoms with E-state index in [-0.39, 0.29) is 6.09 Å². The van der Waals surface area contributed by atoms with Gasteiger partial charge in [-0.05, 0) is 58.0 Å². The monoisotopic (exact) mass is 575 g/mol. The normalized spacial score (nSPS) is 17.5. The number of hydrogen-bond donors (Lipinski definition) is 2. The zero-order chi connectivity index (χ0) is 29.8. The molecule has 0 spiro atoms. The summed E-state index contributed by atoms with van der Waals surface area (Å²) in [6.45, 7) is 8.39. The number of halogens is 2. The third-order valence-corrected chi connectivity index (χ3v) is 7.02. The van der Waals surface area contributed by atoms with Gasteiger partial charge in [-0.1, -0.05) is 0 Å². The molecule has 3 amide bonds. The van der Waals surface area contributed by atoms with Crippen LogP contribution in [0.15, 0.2) is 30.5 Å². The van der Waals surface area contributed by atoms with E-state index in [0.717, 1.165) is 43.3 Å². The maximum atomic E-state index is 13.4. The minimum atomic E-state index is -2.99. The van der Waals surface area contributed by atoms with Crippen molar-refractivity contribution in [3.63, 3.8) is 0 Å². The third-order valence-electron chi connectivity index (χ3n) is 7.02. The third kappa shape index (κ3) is 8.23. The number of nitrogens with one attached hydrogen (secondary N) is 2. The van der Waals surface area contributed by atoms with Crippen molar-refractivity contribution in [2.45, 2.75) is 38.7 Å². The minimum absolute atomic E-state index is 0.268. The Morgan fingerprint density at radius 1 is 1.15 bits per heavy atom. The fourth-order valence-electron chi connectivity index (χ4n) is 4.79. The summed E-state index contributed by atoms with van der Waals surface area (Å²) < 4.78 is 32.2. The predicted octanol–water partition coefficient (Wildman–Crippen LogP) is 2.33. The summed E-state index contributed by atoms with van der Waals surface area (Å²) in [5, 5.41) is 4.00. The Labute approximate surface area is 238 Å². The first-order valence-electron chi connectivity index (χ1n) is 13.8. The highest BCUT2D eigenvalue weighted by molar-refractivity contribution is 6.07. The van der Waals surface area contributed by atoms with Crippen molar-refractivity contribution in [1.29, 1.82) is 0 Å². The van der Waals surface area contributed by atoms with Gasteiger partial charge in [0.1, 0.15) is 12.1 Å². The molecule has 0 bridgehead atoms. The van der Waals surface area contributed by atoms with Crippen molar-refractivity contribution < 1.29 is 27.9 Å². The number of ether oxygens (including phenoxy) is 1. The highest BCUT2D eigenvalue weighted by Gasteiger charge is 2.40. The van der Waals surface area contributed by atoms with Gasteiger partial charge in [0.2, 0.25) is 0 Å². The molecule has 0 radical (unpaired) electrons. The molecule has 2 N–H and O–H groups in total. The first kappa shape index (κ1) is 30.4. The van der Waals surface area contributed by atoms with E-state index in [1.165, 1.54) is 6.20 Å². The summed E-state index contributed by atoms with van der Waals surface area (Å²) >= 11 is 0. The molecule has 0 unspecified atom stereocenters. The standard InChI is InChI=1S/C28H39F2N7O4/c1-27(2,3)41-26(40)36-14-12-35(13-15-36)11-5-10-34(4)20-6-7-23-22(16-20)21(8-9-31-23)25(39)32-17-24(38)37-19-28(29,30)18-33-37/h6-9,16,33H,5,10-15,17-19H2,1-4H3,(H,32,39). The highest BCUT2D eigenvalue weighted by atomic mass is 19.3. The number of benzene rings is 1. The largest absolute Gasteiger partial charge is 0.444 e. The Morgan fingerprint density at radius 2 is 1.88 bits per heavy atom. The van der Waals surface area contributed by atoms with E-state index in [9.17, 15) is 23.2 Å². The van der Waals surface area contributed by atoms with Crippen LogP contribution < -0.4 is 15.6 Å². The summed E-state index contributed by atoms with van der Waals surface area (Å²) in [7, 11) is 1.98. The number of fused-ring (bicyclic) bond motifs is 1. The van der Waals surface area contributed by atoms with Gasteiger partial charge in [-0.3, -0.25) is 24.5 Å². The molecule has 4 rings (SSSR count). The quantitative estimate of drug-likeness (QED) is 0.494. The zero-order valence-corrected chi connectivity index (χ0v) is 24.1. The van der Waals surface area contributed by atoms with Crippen LogP contribution in [0.5, 0.6) is 0 Å². The molecule has 0 saturated carbocycles. The maximum absolute atomic E-state index is 13.4. The van der Waals surface area contributed by atoms with Crippen LogP contribution in [-0.2, 0) is 9.53 Å². The van der Waals surface area contributed by atoms with E-state index in [2.05, 4.69) is 25.5 Å². The average Bonchev–Trinajstić information content (AvgIpc) is 3.29. The van der Waals surface area contributed by atoms with Crippen LogP contribution >= 0.6 is 0 Å². The SMILES string of the molecule is CN(CCCN1CCN(C(=O)OC(C)(C)C)CC1)c1ccc2nccc(C(=O)NCC(=O)N3CC(F)(F)CN3)c2c1. The molecule has 1 aromatic carbocycles. The van der Waals surface area contributed by atoms with Crippen molar-refractivity contribution >= 4 is 34.5 Å². The molecule has 2 aliphatic heterocycles. The number of rotatable bonds is 8. The summed E-state index contributed by atoms with van der Waals surface area (Å²) in [5.41, 5.74) is 3.74. The van der Waals surface area contributed by atoms with E-state index in [4.69, 9.17) is 4.74 Å². The Balaban J connectivity index is 1.28. The zero-order valence-electron chi connectivity index (χ0n) is 24.1. The smallest absolute Gasteiger partial charge is 0.410 e. The lowest BCUT2D eigenvalue weighted by Gasteiger charge is -2.35. The molecular formula is C28H39F2N7O4. The molecule has 224 valence electrons. The summed E-state index contributed by atoms with van der Waals surface area (Å²) in [6.07, 6.45) is 2.16. The van der Waals surface area contributed by atoms with E-state index < -0.39 is 43.0 Å². The van der Waals surface area contributed by atoms with Gasteiger partial charge in [0.05, 0.1) is 24.2 Å². The molecule has 2 saturated heterocycles. The summed E-state index contributed by atoms with van der Waals surface area (Å²) in [5.74, 6) is -4.11. The molecule has 0 atom stereocenters. The molecule has 3 heterocycles. The van der Waals surface area contributed by atoms with Gasteiger partial charge < -0.3 is 19.9 Å². The highest BCUT2D eigenvalue weighted by Crippen LogP contribution is 2.24. The Kier molecular flexibility index (Phi) is 9.27. The van der Waals surface area contributed by atoms with Crippen LogP contribution in [0.4, 0.5) is 19.3 Å². The number of nitrogens with zero attached hydrogens (tertiary/aromatic N) is 5. The first-order chi connectivity index (χ1) is 19.3. The fourth-order valence-corrected chi connectivity index (χ4v) is 4.79.